The summed E-state index contributed by atoms with van der Waals surface area (Å²) in [5.41, 5.74) is 0. The second-order valence-electron chi connectivity index (χ2n) is 6.23. The van der Waals surface area contributed by atoms with Crippen molar-refractivity contribution in [3.63, 3.8) is 0 Å². The Labute approximate surface area is 192 Å². The molecular weight excluding hydrogens is 465 g/mol. The highest BCUT2D eigenvalue weighted by atomic mass is 33.5. The van der Waals surface area contributed by atoms with Gasteiger partial charge < -0.3 is 26.6 Å². The molecule has 11 heteroatoms. The molecule has 0 aromatic rings. The maximum absolute atomic E-state index is 6.17. The highest BCUT2D eigenvalue weighted by Crippen LogP contribution is 2.47. The normalized spacial score (nSPS) is 18.2. The van der Waals surface area contributed by atoms with E-state index in [2.05, 4.69) is 27.7 Å². The van der Waals surface area contributed by atoms with E-state index in [1.54, 1.807) is 45.6 Å². The molecule has 0 amide bonds. The van der Waals surface area contributed by atoms with Crippen molar-refractivity contribution in [1.82, 2.24) is 0 Å². The van der Waals surface area contributed by atoms with Crippen molar-refractivity contribution < 1.29 is 26.6 Å². The topological polar surface area (TPSA) is 55.4 Å². The summed E-state index contributed by atoms with van der Waals surface area (Å²) in [6.07, 6.45) is 3.72. The molecule has 6 nitrogen and oxygen atoms in total. The molecule has 176 valence electrons. The van der Waals surface area contributed by atoms with Crippen LogP contribution in [0, 0.1) is 0 Å². The van der Waals surface area contributed by atoms with Crippen LogP contribution in [0.25, 0.3) is 0 Å². The van der Waals surface area contributed by atoms with E-state index in [9.17, 15) is 0 Å². The molecule has 0 radical (unpaired) electrons. The fourth-order valence-corrected chi connectivity index (χ4v) is 18.1. The quantitative estimate of drug-likeness (QED) is 0.152. The van der Waals surface area contributed by atoms with Crippen molar-refractivity contribution >= 4 is 49.0 Å². The van der Waals surface area contributed by atoms with Gasteiger partial charge in [-0.3, -0.25) is 0 Å². The smallest absolute Gasteiger partial charge is 0.376 e. The van der Waals surface area contributed by atoms with Crippen LogP contribution in [0.4, 0.5) is 0 Å². The van der Waals surface area contributed by atoms with Crippen molar-refractivity contribution in [2.24, 2.45) is 0 Å². The van der Waals surface area contributed by atoms with Gasteiger partial charge in [-0.05, 0) is 49.4 Å². The molecule has 0 rings (SSSR count). The van der Waals surface area contributed by atoms with E-state index >= 15 is 0 Å². The van der Waals surface area contributed by atoms with Crippen LogP contribution in [-0.2, 0) is 26.6 Å². The van der Waals surface area contributed by atoms with Gasteiger partial charge in [-0.15, -0.1) is 0 Å². The van der Waals surface area contributed by atoms with Crippen molar-refractivity contribution in [3.8, 4) is 0 Å². The summed E-state index contributed by atoms with van der Waals surface area (Å²) >= 11 is 0. The maximum atomic E-state index is 6.17. The summed E-state index contributed by atoms with van der Waals surface area (Å²) in [6, 6.07) is 0. The van der Waals surface area contributed by atoms with Gasteiger partial charge >= 0.3 is 17.6 Å². The Morgan fingerprint density at radius 1 is 0.621 bits per heavy atom. The lowest BCUT2D eigenvalue weighted by Crippen LogP contribution is -2.54. The van der Waals surface area contributed by atoms with E-state index in [0.717, 1.165) is 25.7 Å². The van der Waals surface area contributed by atoms with E-state index < -0.39 is 17.6 Å². The van der Waals surface area contributed by atoms with Crippen molar-refractivity contribution in [2.45, 2.75) is 77.0 Å². The second-order valence-corrected chi connectivity index (χ2v) is 17.3. The minimum atomic E-state index is -2.75. The predicted octanol–water partition coefficient (Wildman–Crippen LogP) is 5.75. The van der Waals surface area contributed by atoms with Crippen LogP contribution < -0.4 is 0 Å². The summed E-state index contributed by atoms with van der Waals surface area (Å²) in [7, 11) is 3.23. The third-order valence-corrected chi connectivity index (χ3v) is 18.3. The van der Waals surface area contributed by atoms with Crippen LogP contribution in [0.2, 0.25) is 0 Å². The fourth-order valence-electron chi connectivity index (χ4n) is 2.72. The highest BCUT2D eigenvalue weighted by Gasteiger charge is 2.51. The third-order valence-electron chi connectivity index (χ3n) is 4.12. The van der Waals surface area contributed by atoms with Crippen molar-refractivity contribution in [3.05, 3.63) is 0 Å². The minimum absolute atomic E-state index is 0.163. The van der Waals surface area contributed by atoms with Crippen LogP contribution in [0.3, 0.4) is 0 Å². The van der Waals surface area contributed by atoms with Gasteiger partial charge in [0.1, 0.15) is 0 Å². The van der Waals surface area contributed by atoms with E-state index in [0.29, 0.717) is 26.4 Å². The minimum Gasteiger partial charge on any atom is -0.376 e. The number of hydrogen-bond acceptors (Lipinski definition) is 9. The second kappa shape index (κ2) is 17.8. The zero-order chi connectivity index (χ0) is 22.2. The lowest BCUT2D eigenvalue weighted by atomic mass is 10.5. The Morgan fingerprint density at radius 3 is 1.24 bits per heavy atom. The Bertz CT molecular complexity index is 369. The molecule has 0 heterocycles. The third kappa shape index (κ3) is 9.72. The molecule has 0 N–H and O–H groups in total. The molecule has 0 saturated heterocycles. The molecule has 0 spiro atoms. The maximum Gasteiger partial charge on any atom is 0.515 e. The van der Waals surface area contributed by atoms with Crippen molar-refractivity contribution in [1.29, 1.82) is 0 Å². The summed E-state index contributed by atoms with van der Waals surface area (Å²) in [4.78, 5) is 0.326. The Balaban J connectivity index is 5.20. The lowest BCUT2D eigenvalue weighted by Gasteiger charge is -2.35. The van der Waals surface area contributed by atoms with Crippen LogP contribution in [-0.4, -0.2) is 68.0 Å². The fraction of sp³-hybridized carbons (Fsp3) is 1.00. The van der Waals surface area contributed by atoms with Gasteiger partial charge in [-0.2, -0.15) is 0 Å². The van der Waals surface area contributed by atoms with Gasteiger partial charge in [0.05, 0.1) is 9.75 Å². The molecule has 0 saturated carbocycles. The Kier molecular flexibility index (Phi) is 18.5. The largest absolute Gasteiger partial charge is 0.515 e. The summed E-state index contributed by atoms with van der Waals surface area (Å²) < 4.78 is 36.3. The first-order chi connectivity index (χ1) is 14.0. The zero-order valence-electron chi connectivity index (χ0n) is 19.5. The molecule has 0 fully saturated rings. The van der Waals surface area contributed by atoms with Crippen molar-refractivity contribution in [2.75, 3.05) is 40.6 Å². The van der Waals surface area contributed by atoms with E-state index in [4.69, 9.17) is 26.6 Å². The average molecular weight is 507 g/mol. The molecule has 0 aliphatic rings. The molecule has 0 aromatic carbocycles. The molecule has 0 aliphatic heterocycles. The van der Waals surface area contributed by atoms with Gasteiger partial charge in [0.15, 0.2) is 0 Å². The molecule has 29 heavy (non-hydrogen) atoms. The van der Waals surface area contributed by atoms with E-state index in [1.165, 1.54) is 0 Å². The molecule has 0 bridgehead atoms. The Hall–Kier alpha value is 1.24. The molecule has 0 aliphatic carbocycles. The van der Waals surface area contributed by atoms with Gasteiger partial charge in [-0.1, -0.05) is 49.3 Å². The Morgan fingerprint density at radius 2 is 1.00 bits per heavy atom. The summed E-state index contributed by atoms with van der Waals surface area (Å²) in [5.74, 6) is 0. The van der Waals surface area contributed by atoms with Gasteiger partial charge in [-0.25, -0.2) is 0 Å². The van der Waals surface area contributed by atoms with E-state index in [-0.39, 0.29) is 9.75 Å². The standard InChI is InChI=1S/C18H42O6S3Si2/c1-9-15-23-28(19-7,21-13-5)17(11-3)25-27-26-18(12-4)29(20-8,22-14-6)24-16-10-2/h17-18H,9-16H2,1-8H3. The van der Waals surface area contributed by atoms with E-state index in [1.807, 2.05) is 13.8 Å². The number of hydrogen-bond donors (Lipinski definition) is 0. The summed E-state index contributed by atoms with van der Waals surface area (Å²) in [6.45, 7) is 15.0. The van der Waals surface area contributed by atoms with Crippen LogP contribution in [0.5, 0.6) is 0 Å². The van der Waals surface area contributed by atoms with Crippen LogP contribution >= 0.6 is 31.4 Å². The van der Waals surface area contributed by atoms with Gasteiger partial charge in [0.2, 0.25) is 0 Å². The first kappa shape index (κ1) is 30.2. The van der Waals surface area contributed by atoms with Gasteiger partial charge in [0, 0.05) is 40.6 Å². The first-order valence-corrected chi connectivity index (χ1v) is 17.9. The highest BCUT2D eigenvalue weighted by molar-refractivity contribution is 9.09. The zero-order valence-corrected chi connectivity index (χ0v) is 23.9. The van der Waals surface area contributed by atoms with Crippen LogP contribution in [0.15, 0.2) is 0 Å². The molecule has 0 aromatic heterocycles. The monoisotopic (exact) mass is 506 g/mol. The molecule has 4 atom stereocenters. The SMILES string of the molecule is CCCO[Si](OC)(OCC)C(CC)SSSC(CC)[Si](OC)(OCC)OCCC. The van der Waals surface area contributed by atoms with Gasteiger partial charge in [0.25, 0.3) is 0 Å². The number of rotatable bonds is 20. The first-order valence-electron chi connectivity index (χ1n) is 10.6. The average Bonchev–Trinajstić information content (AvgIpc) is 2.75. The summed E-state index contributed by atoms with van der Waals surface area (Å²) in [5, 5.41) is 0. The van der Waals surface area contributed by atoms with Crippen LogP contribution in [0.1, 0.15) is 67.2 Å². The lowest BCUT2D eigenvalue weighted by molar-refractivity contribution is 0.0793. The molecule has 4 unspecified atom stereocenters. The molecular formula is C18H42O6S3Si2. The predicted molar refractivity (Wildman–Crippen MR) is 132 cm³/mol.